The number of hydrogen-bond acceptors (Lipinski definition) is 5. The maximum absolute atomic E-state index is 11.2. The molecular weight excluding hydrogens is 188 g/mol. The number of aromatic nitrogens is 1. The Morgan fingerprint density at radius 3 is 2.85 bits per heavy atom. The Morgan fingerprint density at radius 1 is 1.85 bits per heavy atom. The fourth-order valence-electron chi connectivity index (χ4n) is 0.896. The van der Waals surface area contributed by atoms with Crippen LogP contribution in [0.2, 0.25) is 0 Å². The van der Waals surface area contributed by atoms with Crippen LogP contribution in [0.25, 0.3) is 0 Å². The third-order valence-electron chi connectivity index (χ3n) is 1.76. The van der Waals surface area contributed by atoms with Gasteiger partial charge in [-0.15, -0.1) is 11.3 Å². The average molecular weight is 200 g/mol. The second-order valence-corrected chi connectivity index (χ2v) is 3.85. The van der Waals surface area contributed by atoms with Gasteiger partial charge in [0, 0.05) is 11.1 Å². The van der Waals surface area contributed by atoms with Crippen molar-refractivity contribution in [2.45, 2.75) is 19.4 Å². The van der Waals surface area contributed by atoms with Gasteiger partial charge in [0.1, 0.15) is 5.01 Å². The van der Waals surface area contributed by atoms with Gasteiger partial charge in [-0.2, -0.15) is 0 Å². The maximum Gasteiger partial charge on any atom is 0.184 e. The fraction of sp³-hybridized carbons (Fsp3) is 0.500. The predicted octanol–water partition coefficient (Wildman–Crippen LogP) is 0.187. The van der Waals surface area contributed by atoms with E-state index in [2.05, 4.69) is 4.98 Å². The highest BCUT2D eigenvalue weighted by Crippen LogP contribution is 2.24. The van der Waals surface area contributed by atoms with Gasteiger partial charge in [0.25, 0.3) is 0 Å². The molecule has 0 radical (unpaired) electrons. The third kappa shape index (κ3) is 1.93. The summed E-state index contributed by atoms with van der Waals surface area (Å²) in [6.45, 7) is 3.05. The van der Waals surface area contributed by atoms with Crippen molar-refractivity contribution in [2.24, 2.45) is 5.73 Å². The van der Waals surface area contributed by atoms with E-state index in [-0.39, 0.29) is 6.54 Å². The summed E-state index contributed by atoms with van der Waals surface area (Å²) < 4.78 is 0. The van der Waals surface area contributed by atoms with Crippen LogP contribution in [0.1, 0.15) is 17.6 Å². The maximum atomic E-state index is 11.2. The minimum Gasteiger partial charge on any atom is -0.375 e. The number of rotatable bonds is 3. The van der Waals surface area contributed by atoms with Crippen molar-refractivity contribution in [3.05, 3.63) is 16.1 Å². The highest BCUT2D eigenvalue weighted by atomic mass is 32.1. The summed E-state index contributed by atoms with van der Waals surface area (Å²) in [5.41, 5.74) is 4.43. The topological polar surface area (TPSA) is 76.2 Å². The van der Waals surface area contributed by atoms with E-state index in [4.69, 9.17) is 5.73 Å². The molecule has 0 saturated heterocycles. The summed E-state index contributed by atoms with van der Waals surface area (Å²) in [5, 5.41) is 12.0. The molecule has 0 aliphatic carbocycles. The van der Waals surface area contributed by atoms with Crippen LogP contribution in [0.5, 0.6) is 0 Å². The molecule has 0 aromatic carbocycles. The largest absolute Gasteiger partial charge is 0.375 e. The van der Waals surface area contributed by atoms with Crippen molar-refractivity contribution >= 4 is 17.1 Å². The first-order chi connectivity index (χ1) is 5.98. The summed E-state index contributed by atoms with van der Waals surface area (Å²) in [6.07, 6.45) is 0. The molecule has 0 fully saturated rings. The minimum absolute atomic E-state index is 0.175. The quantitative estimate of drug-likeness (QED) is 0.730. The fourth-order valence-corrected chi connectivity index (χ4v) is 1.77. The highest BCUT2D eigenvalue weighted by Gasteiger charge is 2.33. The first kappa shape index (κ1) is 10.3. The molecule has 1 rings (SSSR count). The van der Waals surface area contributed by atoms with Gasteiger partial charge in [0.15, 0.2) is 11.4 Å². The Bertz CT molecular complexity index is 320. The van der Waals surface area contributed by atoms with Gasteiger partial charge in [-0.05, 0) is 13.8 Å². The Balaban J connectivity index is 2.99. The zero-order valence-electron chi connectivity index (χ0n) is 7.57. The first-order valence-corrected chi connectivity index (χ1v) is 4.74. The Morgan fingerprint density at radius 2 is 2.46 bits per heavy atom. The predicted molar refractivity (Wildman–Crippen MR) is 50.5 cm³/mol. The van der Waals surface area contributed by atoms with Crippen LogP contribution in [0.3, 0.4) is 0 Å². The number of nitrogens with two attached hydrogens (primary N) is 1. The molecule has 0 aliphatic heterocycles. The summed E-state index contributed by atoms with van der Waals surface area (Å²) in [6, 6.07) is 0. The third-order valence-corrected chi connectivity index (χ3v) is 2.93. The van der Waals surface area contributed by atoms with Crippen LogP contribution in [0.4, 0.5) is 0 Å². The van der Waals surface area contributed by atoms with Crippen molar-refractivity contribution in [3.63, 3.8) is 0 Å². The molecule has 1 atom stereocenters. The van der Waals surface area contributed by atoms with E-state index < -0.39 is 11.4 Å². The van der Waals surface area contributed by atoms with E-state index in [0.717, 1.165) is 5.69 Å². The summed E-state index contributed by atoms with van der Waals surface area (Å²) in [7, 11) is 0. The van der Waals surface area contributed by atoms with Crippen molar-refractivity contribution in [1.82, 2.24) is 4.98 Å². The lowest BCUT2D eigenvalue weighted by Gasteiger charge is -2.17. The van der Waals surface area contributed by atoms with Crippen molar-refractivity contribution in [3.8, 4) is 0 Å². The Hall–Kier alpha value is -0.780. The van der Waals surface area contributed by atoms with Gasteiger partial charge in [-0.25, -0.2) is 4.98 Å². The van der Waals surface area contributed by atoms with Crippen LogP contribution in [-0.4, -0.2) is 22.4 Å². The molecule has 5 heteroatoms. The smallest absolute Gasteiger partial charge is 0.184 e. The van der Waals surface area contributed by atoms with E-state index >= 15 is 0 Å². The van der Waals surface area contributed by atoms with E-state index in [1.54, 1.807) is 5.38 Å². The van der Waals surface area contributed by atoms with Crippen LogP contribution in [-0.2, 0) is 10.4 Å². The van der Waals surface area contributed by atoms with Crippen LogP contribution < -0.4 is 5.73 Å². The molecule has 1 aromatic heterocycles. The van der Waals surface area contributed by atoms with Crippen LogP contribution >= 0.6 is 11.3 Å². The number of carbonyl (C=O) groups is 1. The number of aliphatic hydroxyl groups is 1. The lowest BCUT2D eigenvalue weighted by Crippen LogP contribution is -2.37. The monoisotopic (exact) mass is 200 g/mol. The number of carbonyl (C=O) groups excluding carboxylic acids is 1. The lowest BCUT2D eigenvalue weighted by molar-refractivity contribution is -0.135. The molecule has 0 amide bonds. The van der Waals surface area contributed by atoms with Gasteiger partial charge in [-0.3, -0.25) is 4.79 Å². The Kier molecular flexibility index (Phi) is 2.80. The summed E-state index contributed by atoms with van der Waals surface area (Å²) in [4.78, 5) is 15.3. The molecule has 1 unspecified atom stereocenters. The molecule has 3 N–H and O–H groups in total. The lowest BCUT2D eigenvalue weighted by atomic mass is 10.0. The molecule has 0 aliphatic rings. The molecule has 0 saturated carbocycles. The Labute approximate surface area is 80.4 Å². The van der Waals surface area contributed by atoms with Gasteiger partial charge < -0.3 is 10.8 Å². The number of ketones is 1. The van der Waals surface area contributed by atoms with E-state index in [0.29, 0.717) is 5.01 Å². The van der Waals surface area contributed by atoms with E-state index in [9.17, 15) is 9.90 Å². The average Bonchev–Trinajstić information content (AvgIpc) is 2.50. The number of aryl methyl sites for hydroxylation is 1. The normalized spacial score (nSPS) is 15.4. The molecule has 0 bridgehead atoms. The van der Waals surface area contributed by atoms with Crippen molar-refractivity contribution < 1.29 is 9.90 Å². The molecule has 4 nitrogen and oxygen atoms in total. The zero-order chi connectivity index (χ0) is 10.1. The number of nitrogens with zero attached hydrogens (tertiary/aromatic N) is 1. The van der Waals surface area contributed by atoms with Crippen molar-refractivity contribution in [2.75, 3.05) is 6.54 Å². The minimum atomic E-state index is -1.53. The summed E-state index contributed by atoms with van der Waals surface area (Å²) in [5.74, 6) is -0.415. The molecule has 1 heterocycles. The molecule has 1 aromatic rings. The zero-order valence-corrected chi connectivity index (χ0v) is 8.39. The molecule has 0 spiro atoms. The van der Waals surface area contributed by atoms with Crippen molar-refractivity contribution in [1.29, 1.82) is 0 Å². The SMILES string of the molecule is Cc1csc(C(C)(O)C(=O)CN)n1. The number of hydrogen-bond donors (Lipinski definition) is 2. The van der Waals surface area contributed by atoms with E-state index in [1.807, 2.05) is 6.92 Å². The second-order valence-electron chi connectivity index (χ2n) is 2.99. The number of Topliss-reactive ketones (excluding diaryl/α,β-unsaturated/α-hetero) is 1. The van der Waals surface area contributed by atoms with Gasteiger partial charge >= 0.3 is 0 Å². The summed E-state index contributed by atoms with van der Waals surface area (Å²) >= 11 is 1.26. The number of thiazole rings is 1. The van der Waals surface area contributed by atoms with Gasteiger partial charge in [-0.1, -0.05) is 0 Å². The highest BCUT2D eigenvalue weighted by molar-refractivity contribution is 7.10. The van der Waals surface area contributed by atoms with Crippen LogP contribution in [0, 0.1) is 6.92 Å². The van der Waals surface area contributed by atoms with E-state index in [1.165, 1.54) is 18.3 Å². The molecule has 13 heavy (non-hydrogen) atoms. The standard InChI is InChI=1S/C8H12N2O2S/c1-5-4-13-7(10-5)8(2,12)6(11)3-9/h4,12H,3,9H2,1-2H3. The molecule has 72 valence electrons. The second kappa shape index (κ2) is 3.53. The van der Waals surface area contributed by atoms with Gasteiger partial charge in [0.05, 0.1) is 6.54 Å². The molecular formula is C8H12N2O2S. The van der Waals surface area contributed by atoms with Crippen LogP contribution in [0.15, 0.2) is 5.38 Å². The van der Waals surface area contributed by atoms with Gasteiger partial charge in [0.2, 0.25) is 0 Å². The first-order valence-electron chi connectivity index (χ1n) is 3.87.